The van der Waals surface area contributed by atoms with Crippen molar-refractivity contribution in [1.82, 2.24) is 34.5 Å². The number of rotatable bonds is 7. The molecule has 0 aliphatic heterocycles. The molecular formula is C23H23FN8O2. The fraction of sp³-hybridized carbons (Fsp3) is 0.304. The number of halogens is 1. The van der Waals surface area contributed by atoms with E-state index >= 15 is 0 Å². The molecule has 1 saturated carbocycles. The Morgan fingerprint density at radius 2 is 1.97 bits per heavy atom. The number of anilines is 2. The van der Waals surface area contributed by atoms with E-state index in [4.69, 9.17) is 5.10 Å². The van der Waals surface area contributed by atoms with Crippen molar-refractivity contribution in [2.24, 2.45) is 5.92 Å². The minimum absolute atomic E-state index is 0.155. The second-order valence-corrected chi connectivity index (χ2v) is 8.46. The minimum atomic E-state index is -1.03. The molecule has 1 aliphatic carbocycles. The highest BCUT2D eigenvalue weighted by Gasteiger charge is 2.26. The molecule has 4 aromatic heterocycles. The van der Waals surface area contributed by atoms with Gasteiger partial charge < -0.3 is 10.4 Å². The molecule has 4 aromatic rings. The van der Waals surface area contributed by atoms with Crippen LogP contribution in [0.3, 0.4) is 0 Å². The molecule has 4 heterocycles. The van der Waals surface area contributed by atoms with Crippen molar-refractivity contribution in [3.63, 3.8) is 0 Å². The van der Waals surface area contributed by atoms with Gasteiger partial charge in [0.25, 0.3) is 0 Å². The van der Waals surface area contributed by atoms with Crippen LogP contribution in [0.2, 0.25) is 0 Å². The predicted octanol–water partition coefficient (Wildman–Crippen LogP) is 3.84. The van der Waals surface area contributed by atoms with Gasteiger partial charge in [-0.15, -0.1) is 0 Å². The van der Waals surface area contributed by atoms with Gasteiger partial charge in [-0.2, -0.15) is 10.2 Å². The largest absolute Gasteiger partial charge is 0.478 e. The smallest absolute Gasteiger partial charge is 0.339 e. The fourth-order valence-corrected chi connectivity index (χ4v) is 3.97. The second-order valence-electron chi connectivity index (χ2n) is 8.46. The molecule has 11 heteroatoms. The highest BCUT2D eigenvalue weighted by molar-refractivity contribution is 5.90. The van der Waals surface area contributed by atoms with Gasteiger partial charge in [0.15, 0.2) is 5.82 Å². The van der Waals surface area contributed by atoms with Gasteiger partial charge in [0.1, 0.15) is 35.0 Å². The van der Waals surface area contributed by atoms with Crippen LogP contribution in [0.25, 0.3) is 17.2 Å². The van der Waals surface area contributed by atoms with Crippen LogP contribution in [0.15, 0.2) is 30.7 Å². The Bertz CT molecular complexity index is 1390. The number of carboxylic acid groups (broad SMARTS) is 1. The maximum absolute atomic E-state index is 13.4. The van der Waals surface area contributed by atoms with E-state index in [1.54, 1.807) is 26.0 Å². The molecule has 2 N–H and O–H groups in total. The quantitative estimate of drug-likeness (QED) is 0.425. The van der Waals surface area contributed by atoms with Crippen LogP contribution in [0.5, 0.6) is 0 Å². The maximum atomic E-state index is 13.4. The molecule has 5 rings (SSSR count). The number of hydrogen-bond acceptors (Lipinski definition) is 7. The zero-order valence-electron chi connectivity index (χ0n) is 18.9. The Balaban J connectivity index is 1.52. The summed E-state index contributed by atoms with van der Waals surface area (Å²) < 4.78 is 16.8. The van der Waals surface area contributed by atoms with Gasteiger partial charge in [-0.1, -0.05) is 0 Å². The van der Waals surface area contributed by atoms with E-state index in [9.17, 15) is 14.3 Å². The first-order chi connectivity index (χ1) is 16.3. The molecule has 0 spiro atoms. The lowest BCUT2D eigenvalue weighted by Gasteiger charge is -2.11. The Labute approximate surface area is 194 Å². The Morgan fingerprint density at radius 1 is 1.18 bits per heavy atom. The van der Waals surface area contributed by atoms with Crippen molar-refractivity contribution >= 4 is 17.6 Å². The van der Waals surface area contributed by atoms with Crippen molar-refractivity contribution in [3.8, 4) is 17.2 Å². The Hall–Kier alpha value is -4.15. The van der Waals surface area contributed by atoms with E-state index in [2.05, 4.69) is 25.4 Å². The molecule has 34 heavy (non-hydrogen) atoms. The standard InChI is InChI=1S/C23H23FN8O2/c1-12-21(17-7-6-16(24)9-25-17)30-31(10-15-4-5-15)22(12)28-18-8-19(27-11-26-18)32-14(3)20(23(33)34)13(2)29-32/h6-9,11,15H,4-5,10H2,1-3H3,(H,33,34)(H,26,27,28). The van der Waals surface area contributed by atoms with Crippen LogP contribution in [-0.2, 0) is 6.54 Å². The van der Waals surface area contributed by atoms with Gasteiger partial charge in [0.05, 0.1) is 23.3 Å². The van der Waals surface area contributed by atoms with Crippen LogP contribution in [0.1, 0.15) is 40.2 Å². The summed E-state index contributed by atoms with van der Waals surface area (Å²) in [5.74, 6) is 0.845. The lowest BCUT2D eigenvalue weighted by Crippen LogP contribution is -2.09. The zero-order chi connectivity index (χ0) is 24.0. The third-order valence-electron chi connectivity index (χ3n) is 5.91. The van der Waals surface area contributed by atoms with Gasteiger partial charge in [-0.25, -0.2) is 28.5 Å². The Morgan fingerprint density at radius 3 is 2.62 bits per heavy atom. The highest BCUT2D eigenvalue weighted by Crippen LogP contribution is 2.35. The highest BCUT2D eigenvalue weighted by atomic mass is 19.1. The molecular weight excluding hydrogens is 439 g/mol. The molecule has 1 aliphatic rings. The minimum Gasteiger partial charge on any atom is -0.478 e. The van der Waals surface area contributed by atoms with Crippen LogP contribution >= 0.6 is 0 Å². The first-order valence-corrected chi connectivity index (χ1v) is 10.9. The average molecular weight is 462 g/mol. The third-order valence-corrected chi connectivity index (χ3v) is 5.91. The lowest BCUT2D eigenvalue weighted by molar-refractivity contribution is 0.0695. The van der Waals surface area contributed by atoms with Gasteiger partial charge in [0, 0.05) is 18.2 Å². The van der Waals surface area contributed by atoms with Gasteiger partial charge in [-0.3, -0.25) is 4.98 Å². The number of aromatic carboxylic acids is 1. The zero-order valence-corrected chi connectivity index (χ0v) is 18.9. The van der Waals surface area contributed by atoms with Crippen molar-refractivity contribution < 1.29 is 14.3 Å². The van der Waals surface area contributed by atoms with E-state index in [1.807, 2.05) is 11.6 Å². The first kappa shape index (κ1) is 21.7. The third kappa shape index (κ3) is 4.00. The molecule has 0 aromatic carbocycles. The number of hydrogen-bond donors (Lipinski definition) is 2. The summed E-state index contributed by atoms with van der Waals surface area (Å²) in [6.45, 7) is 6.02. The number of nitrogens with zero attached hydrogens (tertiary/aromatic N) is 7. The summed E-state index contributed by atoms with van der Waals surface area (Å²) in [4.78, 5) is 24.4. The predicted molar refractivity (Wildman–Crippen MR) is 122 cm³/mol. The van der Waals surface area contributed by atoms with Crippen LogP contribution in [0, 0.1) is 32.5 Å². The lowest BCUT2D eigenvalue weighted by atomic mass is 10.2. The monoisotopic (exact) mass is 462 g/mol. The van der Waals surface area contributed by atoms with E-state index in [0.717, 1.165) is 30.8 Å². The van der Waals surface area contributed by atoms with E-state index < -0.39 is 11.8 Å². The van der Waals surface area contributed by atoms with E-state index in [0.29, 0.717) is 40.3 Å². The van der Waals surface area contributed by atoms with Gasteiger partial charge in [-0.05, 0) is 51.7 Å². The van der Waals surface area contributed by atoms with Crippen molar-refractivity contribution in [2.45, 2.75) is 40.2 Å². The van der Waals surface area contributed by atoms with Gasteiger partial charge in [0.2, 0.25) is 0 Å². The molecule has 1 fully saturated rings. The van der Waals surface area contributed by atoms with Crippen LogP contribution in [0.4, 0.5) is 16.0 Å². The van der Waals surface area contributed by atoms with Crippen LogP contribution < -0.4 is 5.32 Å². The molecule has 0 bridgehead atoms. The normalized spacial score (nSPS) is 13.3. The van der Waals surface area contributed by atoms with Crippen molar-refractivity contribution in [2.75, 3.05) is 5.32 Å². The topological polar surface area (TPSA) is 124 Å². The molecule has 0 atom stereocenters. The number of carboxylic acids is 1. The van der Waals surface area contributed by atoms with E-state index in [-0.39, 0.29) is 5.56 Å². The SMILES string of the molecule is Cc1nn(-c2cc(Nc3c(C)c(-c4ccc(F)cn4)nn3CC3CC3)ncn2)c(C)c1C(=O)O. The summed E-state index contributed by atoms with van der Waals surface area (Å²) in [7, 11) is 0. The molecule has 0 unspecified atom stereocenters. The molecule has 0 saturated heterocycles. The summed E-state index contributed by atoms with van der Waals surface area (Å²) in [5.41, 5.74) is 3.16. The maximum Gasteiger partial charge on any atom is 0.339 e. The number of pyridine rings is 1. The van der Waals surface area contributed by atoms with Crippen molar-refractivity contribution in [3.05, 3.63) is 59.1 Å². The summed E-state index contributed by atoms with van der Waals surface area (Å²) in [5, 5.41) is 21.9. The summed E-state index contributed by atoms with van der Waals surface area (Å²) in [6.07, 6.45) is 4.89. The first-order valence-electron chi connectivity index (χ1n) is 10.9. The number of aryl methyl sites for hydroxylation is 1. The fourth-order valence-electron chi connectivity index (χ4n) is 3.97. The van der Waals surface area contributed by atoms with Gasteiger partial charge >= 0.3 is 5.97 Å². The molecule has 0 radical (unpaired) electrons. The molecule has 10 nitrogen and oxygen atoms in total. The van der Waals surface area contributed by atoms with E-state index in [1.165, 1.54) is 23.3 Å². The second kappa shape index (κ2) is 8.32. The number of nitrogens with one attached hydrogen (secondary N) is 1. The number of aromatic nitrogens is 7. The summed E-state index contributed by atoms with van der Waals surface area (Å²) in [6, 6.07) is 4.68. The van der Waals surface area contributed by atoms with Crippen molar-refractivity contribution in [1.29, 1.82) is 0 Å². The average Bonchev–Trinajstić information content (AvgIpc) is 3.50. The van der Waals surface area contributed by atoms with Crippen LogP contribution in [-0.4, -0.2) is 45.6 Å². The Kier molecular flexibility index (Phi) is 5.31. The molecule has 0 amide bonds. The molecule has 174 valence electrons. The number of carbonyl (C=O) groups is 1. The summed E-state index contributed by atoms with van der Waals surface area (Å²) >= 11 is 0.